The SMILES string of the molecule is CCN(CC)C(=O)Cn1nnc(-c2c[nH]c3ccccc23)n1. The van der Waals surface area contributed by atoms with Crippen molar-refractivity contribution in [1.29, 1.82) is 0 Å². The first-order chi connectivity index (χ1) is 10.7. The van der Waals surface area contributed by atoms with Gasteiger partial charge in [-0.05, 0) is 25.1 Å². The molecule has 0 aliphatic heterocycles. The third kappa shape index (κ3) is 2.57. The summed E-state index contributed by atoms with van der Waals surface area (Å²) in [4.78, 5) is 18.3. The minimum Gasteiger partial charge on any atom is -0.360 e. The number of H-pyrrole nitrogens is 1. The number of nitrogens with zero attached hydrogens (tertiary/aromatic N) is 5. The van der Waals surface area contributed by atoms with Crippen LogP contribution in [0.2, 0.25) is 0 Å². The Morgan fingerprint density at radius 2 is 2.05 bits per heavy atom. The third-order valence-electron chi connectivity index (χ3n) is 3.68. The van der Waals surface area contributed by atoms with Crippen molar-refractivity contribution >= 4 is 16.8 Å². The van der Waals surface area contributed by atoms with Crippen LogP contribution in [0.25, 0.3) is 22.3 Å². The highest BCUT2D eigenvalue weighted by Crippen LogP contribution is 2.24. The van der Waals surface area contributed by atoms with Crippen LogP contribution in [0.3, 0.4) is 0 Å². The predicted octanol–water partition coefficient (Wildman–Crippen LogP) is 1.69. The molecule has 0 aliphatic rings. The average Bonchev–Trinajstić information content (AvgIpc) is 3.14. The van der Waals surface area contributed by atoms with Gasteiger partial charge in [0.15, 0.2) is 0 Å². The molecule has 114 valence electrons. The van der Waals surface area contributed by atoms with Crippen LogP contribution in [0.5, 0.6) is 0 Å². The van der Waals surface area contributed by atoms with E-state index in [0.717, 1.165) is 16.5 Å². The molecule has 1 aromatic carbocycles. The van der Waals surface area contributed by atoms with Crippen molar-refractivity contribution in [3.63, 3.8) is 0 Å². The van der Waals surface area contributed by atoms with E-state index in [1.807, 2.05) is 44.3 Å². The molecule has 0 unspecified atom stereocenters. The van der Waals surface area contributed by atoms with E-state index in [2.05, 4.69) is 20.4 Å². The number of amides is 1. The topological polar surface area (TPSA) is 79.7 Å². The number of hydrogen-bond acceptors (Lipinski definition) is 4. The fraction of sp³-hybridized carbons (Fsp3) is 0.333. The number of carbonyl (C=O) groups is 1. The molecule has 0 fully saturated rings. The summed E-state index contributed by atoms with van der Waals surface area (Å²) in [6.45, 7) is 5.37. The first kappa shape index (κ1) is 14.2. The normalized spacial score (nSPS) is 11.0. The van der Waals surface area contributed by atoms with E-state index in [1.165, 1.54) is 4.80 Å². The van der Waals surface area contributed by atoms with Crippen LogP contribution in [0.15, 0.2) is 30.5 Å². The van der Waals surface area contributed by atoms with Crippen LogP contribution >= 0.6 is 0 Å². The smallest absolute Gasteiger partial charge is 0.246 e. The lowest BCUT2D eigenvalue weighted by Crippen LogP contribution is -2.34. The lowest BCUT2D eigenvalue weighted by atomic mass is 10.2. The average molecular weight is 298 g/mol. The number of aromatic amines is 1. The maximum atomic E-state index is 12.1. The van der Waals surface area contributed by atoms with Gasteiger partial charge in [0.05, 0.1) is 0 Å². The quantitative estimate of drug-likeness (QED) is 0.777. The molecular weight excluding hydrogens is 280 g/mol. The van der Waals surface area contributed by atoms with Gasteiger partial charge in [-0.25, -0.2) is 0 Å². The number of tetrazole rings is 1. The monoisotopic (exact) mass is 298 g/mol. The van der Waals surface area contributed by atoms with Gasteiger partial charge in [-0.2, -0.15) is 4.80 Å². The maximum Gasteiger partial charge on any atom is 0.246 e. The molecule has 0 spiro atoms. The summed E-state index contributed by atoms with van der Waals surface area (Å²) in [7, 11) is 0. The lowest BCUT2D eigenvalue weighted by molar-refractivity contribution is -0.131. The van der Waals surface area contributed by atoms with Crippen molar-refractivity contribution < 1.29 is 4.79 Å². The van der Waals surface area contributed by atoms with Crippen molar-refractivity contribution in [1.82, 2.24) is 30.1 Å². The Bertz CT molecular complexity index is 786. The molecule has 0 saturated carbocycles. The molecule has 0 bridgehead atoms. The Labute approximate surface area is 127 Å². The Hall–Kier alpha value is -2.70. The predicted molar refractivity (Wildman–Crippen MR) is 83.0 cm³/mol. The summed E-state index contributed by atoms with van der Waals surface area (Å²) in [6, 6.07) is 7.93. The number of aromatic nitrogens is 5. The second kappa shape index (κ2) is 5.97. The van der Waals surface area contributed by atoms with Gasteiger partial charge in [-0.15, -0.1) is 10.2 Å². The van der Waals surface area contributed by atoms with Crippen molar-refractivity contribution in [2.75, 3.05) is 13.1 Å². The number of para-hydroxylation sites is 1. The highest BCUT2D eigenvalue weighted by molar-refractivity contribution is 5.93. The van der Waals surface area contributed by atoms with E-state index >= 15 is 0 Å². The molecule has 3 aromatic rings. The molecule has 1 N–H and O–H groups in total. The van der Waals surface area contributed by atoms with E-state index in [-0.39, 0.29) is 12.5 Å². The van der Waals surface area contributed by atoms with Gasteiger partial charge in [0.25, 0.3) is 0 Å². The van der Waals surface area contributed by atoms with Gasteiger partial charge in [0.1, 0.15) is 6.54 Å². The van der Waals surface area contributed by atoms with Gasteiger partial charge in [0.2, 0.25) is 11.7 Å². The summed E-state index contributed by atoms with van der Waals surface area (Å²) in [6.07, 6.45) is 1.86. The van der Waals surface area contributed by atoms with Crippen LogP contribution in [0.1, 0.15) is 13.8 Å². The number of fused-ring (bicyclic) bond motifs is 1. The second-order valence-electron chi connectivity index (χ2n) is 4.96. The molecule has 7 heteroatoms. The van der Waals surface area contributed by atoms with Crippen LogP contribution in [-0.4, -0.2) is 49.1 Å². The highest BCUT2D eigenvalue weighted by Gasteiger charge is 2.15. The summed E-state index contributed by atoms with van der Waals surface area (Å²) in [5.74, 6) is 0.512. The molecule has 1 amide bonds. The zero-order chi connectivity index (χ0) is 15.5. The molecule has 22 heavy (non-hydrogen) atoms. The second-order valence-corrected chi connectivity index (χ2v) is 4.96. The van der Waals surface area contributed by atoms with Gasteiger partial charge in [-0.1, -0.05) is 18.2 Å². The molecular formula is C15H18N6O. The summed E-state index contributed by atoms with van der Waals surface area (Å²) < 4.78 is 0. The van der Waals surface area contributed by atoms with E-state index in [0.29, 0.717) is 18.9 Å². The van der Waals surface area contributed by atoms with Crippen LogP contribution in [-0.2, 0) is 11.3 Å². The first-order valence-electron chi connectivity index (χ1n) is 7.35. The number of likely N-dealkylation sites (N-methyl/N-ethyl adjacent to an activating group) is 1. The zero-order valence-electron chi connectivity index (χ0n) is 12.7. The largest absolute Gasteiger partial charge is 0.360 e. The minimum atomic E-state index is -0.00660. The summed E-state index contributed by atoms with van der Waals surface area (Å²) >= 11 is 0. The molecule has 0 saturated heterocycles. The Kier molecular flexibility index (Phi) is 3.86. The van der Waals surface area contributed by atoms with Crippen molar-refractivity contribution in [2.45, 2.75) is 20.4 Å². The van der Waals surface area contributed by atoms with Crippen LogP contribution < -0.4 is 0 Å². The lowest BCUT2D eigenvalue weighted by Gasteiger charge is -2.17. The highest BCUT2D eigenvalue weighted by atomic mass is 16.2. The Morgan fingerprint density at radius 1 is 1.27 bits per heavy atom. The standard InChI is InChI=1S/C15H18N6O/c1-3-20(4-2)14(22)10-21-18-15(17-19-21)12-9-16-13-8-6-5-7-11(12)13/h5-9,16H,3-4,10H2,1-2H3. The molecule has 7 nitrogen and oxygen atoms in total. The molecule has 2 aromatic heterocycles. The Balaban J connectivity index is 1.83. The van der Waals surface area contributed by atoms with E-state index in [1.54, 1.807) is 4.90 Å². The molecule has 0 atom stereocenters. The summed E-state index contributed by atoms with van der Waals surface area (Å²) in [5.41, 5.74) is 1.91. The van der Waals surface area contributed by atoms with Gasteiger partial charge in [0, 0.05) is 35.8 Å². The minimum absolute atomic E-state index is 0.00660. The van der Waals surface area contributed by atoms with Gasteiger partial charge < -0.3 is 9.88 Å². The van der Waals surface area contributed by atoms with E-state index < -0.39 is 0 Å². The maximum absolute atomic E-state index is 12.1. The van der Waals surface area contributed by atoms with Gasteiger partial charge in [-0.3, -0.25) is 4.79 Å². The van der Waals surface area contributed by atoms with Crippen molar-refractivity contribution in [3.8, 4) is 11.4 Å². The molecule has 2 heterocycles. The number of carbonyl (C=O) groups excluding carboxylic acids is 1. The van der Waals surface area contributed by atoms with Crippen molar-refractivity contribution in [3.05, 3.63) is 30.5 Å². The Morgan fingerprint density at radius 3 is 2.82 bits per heavy atom. The third-order valence-corrected chi connectivity index (χ3v) is 3.68. The molecule has 3 rings (SSSR count). The summed E-state index contributed by atoms with van der Waals surface area (Å²) in [5, 5.41) is 13.4. The zero-order valence-corrected chi connectivity index (χ0v) is 12.7. The number of nitrogens with one attached hydrogen (secondary N) is 1. The molecule has 0 radical (unpaired) electrons. The van der Waals surface area contributed by atoms with E-state index in [9.17, 15) is 4.79 Å². The number of rotatable bonds is 5. The number of benzene rings is 1. The fourth-order valence-electron chi connectivity index (χ4n) is 2.47. The fourth-order valence-corrected chi connectivity index (χ4v) is 2.47. The van der Waals surface area contributed by atoms with E-state index in [4.69, 9.17) is 0 Å². The van der Waals surface area contributed by atoms with Crippen LogP contribution in [0, 0.1) is 0 Å². The number of hydrogen-bond donors (Lipinski definition) is 1. The van der Waals surface area contributed by atoms with Gasteiger partial charge >= 0.3 is 0 Å². The molecule has 0 aliphatic carbocycles. The van der Waals surface area contributed by atoms with Crippen molar-refractivity contribution in [2.24, 2.45) is 0 Å². The first-order valence-corrected chi connectivity index (χ1v) is 7.35. The van der Waals surface area contributed by atoms with Crippen LogP contribution in [0.4, 0.5) is 0 Å².